The monoisotopic (exact) mass is 366 g/mol. The van der Waals surface area contributed by atoms with Crippen LogP contribution in [0, 0.1) is 0 Å². The summed E-state index contributed by atoms with van der Waals surface area (Å²) in [5.74, 6) is 0.118. The minimum absolute atomic E-state index is 0.118. The van der Waals surface area contributed by atoms with Crippen molar-refractivity contribution in [2.24, 2.45) is 4.76 Å². The highest BCUT2D eigenvalue weighted by Gasteiger charge is 2.49. The molecule has 0 fully saturated rings. The Morgan fingerprint density at radius 3 is 1.96 bits per heavy atom. The van der Waals surface area contributed by atoms with Gasteiger partial charge in [0.05, 0.1) is 24.2 Å². The Morgan fingerprint density at radius 1 is 1.00 bits per heavy atom. The van der Waals surface area contributed by atoms with Crippen molar-refractivity contribution in [3.05, 3.63) is 35.9 Å². The molecule has 2 rings (SSSR count). The molecule has 0 N–H and O–H groups in total. The third kappa shape index (κ3) is 4.26. The Bertz CT molecular complexity index is 550. The van der Waals surface area contributed by atoms with Gasteiger partial charge in [0.1, 0.15) is 0 Å². The maximum Gasteiger partial charge on any atom is 0.291 e. The fourth-order valence-electron chi connectivity index (χ4n) is 3.65. The average Bonchev–Trinajstić information content (AvgIpc) is 2.81. The summed E-state index contributed by atoms with van der Waals surface area (Å²) in [7, 11) is 0.820. The fraction of sp³-hybridized carbons (Fsp3) is 0.588. The molecule has 0 saturated carbocycles. The van der Waals surface area contributed by atoms with Gasteiger partial charge in [0.15, 0.2) is 5.85 Å². The number of hydrogen-bond acceptors (Lipinski definition) is 3. The molecule has 1 aliphatic heterocycles. The zero-order chi connectivity index (χ0) is 17.4. The lowest BCUT2D eigenvalue weighted by molar-refractivity contribution is 0.244. The van der Waals surface area contributed by atoms with Crippen molar-refractivity contribution in [3.63, 3.8) is 0 Å². The van der Waals surface area contributed by atoms with Crippen molar-refractivity contribution in [1.29, 1.82) is 0 Å². The number of hydrogen-bond donors (Lipinski definition) is 0. The first kappa shape index (κ1) is 18.7. The van der Waals surface area contributed by atoms with Gasteiger partial charge >= 0.3 is 0 Å². The largest absolute Gasteiger partial charge is 0.450 e. The molecule has 0 spiro atoms. The Balaban J connectivity index is 2.48. The van der Waals surface area contributed by atoms with Crippen LogP contribution in [0.5, 0.6) is 0 Å². The van der Waals surface area contributed by atoms with Gasteiger partial charge in [0.25, 0.3) is 6.02 Å². The zero-order valence-corrected chi connectivity index (χ0v) is 18.7. The molecule has 128 valence electrons. The van der Waals surface area contributed by atoms with Crippen molar-refractivity contribution in [2.75, 3.05) is 14.1 Å². The molecule has 0 aromatic heterocycles. The van der Waals surface area contributed by atoms with Crippen LogP contribution in [0.4, 0.5) is 0 Å². The van der Waals surface area contributed by atoms with E-state index in [1.165, 1.54) is 5.56 Å². The Morgan fingerprint density at radius 2 is 1.52 bits per heavy atom. The summed E-state index contributed by atoms with van der Waals surface area (Å²) >= 11 is 0. The van der Waals surface area contributed by atoms with E-state index in [9.17, 15) is 0 Å². The fourth-order valence-corrected chi connectivity index (χ4v) is 23.1. The molecule has 3 nitrogen and oxygen atoms in total. The van der Waals surface area contributed by atoms with Gasteiger partial charge < -0.3 is 9.64 Å². The second-order valence-electron chi connectivity index (χ2n) is 8.67. The van der Waals surface area contributed by atoms with Crippen molar-refractivity contribution < 1.29 is 4.74 Å². The summed E-state index contributed by atoms with van der Waals surface area (Å²) in [6.45, 7) is 15.0. The number of amidine groups is 1. The van der Waals surface area contributed by atoms with Gasteiger partial charge in [-0.2, -0.15) is 0 Å². The van der Waals surface area contributed by atoms with Gasteiger partial charge in [-0.3, -0.25) is 0 Å². The predicted molar refractivity (Wildman–Crippen MR) is 109 cm³/mol. The quantitative estimate of drug-likeness (QED) is 0.543. The molecule has 6 heteroatoms. The highest BCUT2D eigenvalue weighted by molar-refractivity contribution is 7.64. The van der Waals surface area contributed by atoms with Crippen LogP contribution in [-0.4, -0.2) is 46.1 Å². The van der Waals surface area contributed by atoms with Gasteiger partial charge in [0.2, 0.25) is 0 Å². The van der Waals surface area contributed by atoms with Crippen LogP contribution in [-0.2, 0) is 4.74 Å². The molecular formula is C17H31N2OPSi2. The van der Waals surface area contributed by atoms with Gasteiger partial charge in [-0.05, 0) is 10.5 Å². The van der Waals surface area contributed by atoms with Crippen molar-refractivity contribution >= 4 is 30.2 Å². The number of benzene rings is 1. The molecule has 0 bridgehead atoms. The highest BCUT2D eigenvalue weighted by atomic mass is 31.1. The summed E-state index contributed by atoms with van der Waals surface area (Å²) in [4.78, 5) is 2.76. The van der Waals surface area contributed by atoms with E-state index in [1.54, 1.807) is 0 Å². The summed E-state index contributed by atoms with van der Waals surface area (Å²) in [6, 6.07) is 11.5. The predicted octanol–water partition coefficient (Wildman–Crippen LogP) is 5.15. The van der Waals surface area contributed by atoms with E-state index in [1.807, 2.05) is 19.0 Å². The molecule has 0 amide bonds. The topological polar surface area (TPSA) is 24.8 Å². The van der Waals surface area contributed by atoms with E-state index >= 15 is 0 Å². The lowest BCUT2D eigenvalue weighted by Gasteiger charge is -2.42. The van der Waals surface area contributed by atoms with Gasteiger partial charge in [0, 0.05) is 14.1 Å². The van der Waals surface area contributed by atoms with Gasteiger partial charge in [-0.1, -0.05) is 69.6 Å². The molecule has 1 heterocycles. The van der Waals surface area contributed by atoms with E-state index in [-0.39, 0.29) is 5.85 Å². The first-order valence-corrected chi connectivity index (χ1v) is 16.9. The summed E-state index contributed by atoms with van der Waals surface area (Å²) in [5, 5.41) is 0. The maximum atomic E-state index is 6.34. The van der Waals surface area contributed by atoms with Crippen LogP contribution in [0.15, 0.2) is 35.1 Å². The third-order valence-corrected chi connectivity index (χ3v) is 20.6. The van der Waals surface area contributed by atoms with E-state index in [4.69, 9.17) is 9.50 Å². The van der Waals surface area contributed by atoms with Crippen LogP contribution < -0.4 is 0 Å². The second kappa shape index (κ2) is 6.69. The molecule has 1 unspecified atom stereocenters. The van der Waals surface area contributed by atoms with Crippen LogP contribution in [0.3, 0.4) is 0 Å². The smallest absolute Gasteiger partial charge is 0.291 e. The molecule has 0 aliphatic carbocycles. The van der Waals surface area contributed by atoms with Crippen LogP contribution in [0.2, 0.25) is 39.3 Å². The van der Waals surface area contributed by atoms with Crippen molar-refractivity contribution in [1.82, 2.24) is 4.90 Å². The maximum absolute atomic E-state index is 6.34. The normalized spacial score (nSPS) is 22.0. The summed E-state index contributed by atoms with van der Waals surface area (Å²) < 4.78 is 11.5. The minimum Gasteiger partial charge on any atom is -0.450 e. The minimum atomic E-state index is -1.34. The molecule has 0 saturated heterocycles. The van der Waals surface area contributed by atoms with Crippen molar-refractivity contribution in [2.45, 2.75) is 50.0 Å². The molecule has 23 heavy (non-hydrogen) atoms. The summed E-state index contributed by atoms with van der Waals surface area (Å²) in [6.07, 6.45) is 0. The van der Waals surface area contributed by atoms with E-state index in [0.29, 0.717) is 0 Å². The molecule has 2 atom stereocenters. The molecule has 1 aromatic rings. The van der Waals surface area contributed by atoms with Gasteiger partial charge in [-0.15, -0.1) is 0 Å². The average molecular weight is 367 g/mol. The molecular weight excluding hydrogens is 335 g/mol. The third-order valence-electron chi connectivity index (χ3n) is 4.03. The standard InChI is InChI=1S/C17H31N2OPSi2/c1-19(2)16-18-21(17(22(3,4)5)23(6,7)8)15(20-16)14-12-10-9-11-13-14/h9-13,15,17H,1-8H3/t15-,21?/m1/s1. The summed E-state index contributed by atoms with van der Waals surface area (Å²) in [5.41, 5.74) is 1.28. The van der Waals surface area contributed by atoms with Crippen LogP contribution in [0.25, 0.3) is 0 Å². The van der Waals surface area contributed by atoms with E-state index in [2.05, 4.69) is 69.6 Å². The van der Waals surface area contributed by atoms with Crippen LogP contribution >= 0.6 is 8.07 Å². The van der Waals surface area contributed by atoms with E-state index < -0.39 is 24.2 Å². The van der Waals surface area contributed by atoms with E-state index in [0.717, 1.165) is 10.9 Å². The molecule has 0 radical (unpaired) electrons. The molecule has 1 aliphatic rings. The zero-order valence-electron chi connectivity index (χ0n) is 15.8. The van der Waals surface area contributed by atoms with Crippen LogP contribution in [0.1, 0.15) is 11.4 Å². The Hall–Kier alpha value is -0.646. The SMILES string of the molecule is CN(C)C1=NP(C([Si](C)(C)C)[Si](C)(C)C)[C@H](c2ccccc2)O1. The Kier molecular flexibility index (Phi) is 5.44. The second-order valence-corrected chi connectivity index (χ2v) is 22.8. The lowest BCUT2D eigenvalue weighted by Crippen LogP contribution is -2.52. The number of rotatable bonds is 4. The first-order valence-electron chi connectivity index (χ1n) is 8.27. The number of ether oxygens (including phenoxy) is 1. The first-order chi connectivity index (χ1) is 10.5. The van der Waals surface area contributed by atoms with Gasteiger partial charge in [-0.25, -0.2) is 4.76 Å². The molecule has 1 aromatic carbocycles. The van der Waals surface area contributed by atoms with Crippen molar-refractivity contribution in [3.8, 4) is 0 Å². The number of nitrogens with zero attached hydrogens (tertiary/aromatic N) is 2. The Labute approximate surface area is 145 Å². The highest BCUT2D eigenvalue weighted by Crippen LogP contribution is 2.64. The lowest BCUT2D eigenvalue weighted by atomic mass is 10.2.